The number of rotatable bonds is 8. The van der Waals surface area contributed by atoms with Crippen molar-refractivity contribution in [2.75, 3.05) is 4.90 Å². The zero-order valence-corrected chi connectivity index (χ0v) is 43.7. The molecule has 0 amide bonds. The molecule has 3 heteroatoms. The molecule has 0 saturated heterocycles. The average molecular weight is 916 g/mol. The van der Waals surface area contributed by atoms with Gasteiger partial charge in [0.2, 0.25) is 13.4 Å². The number of nitrogens with zero attached hydrogens (tertiary/aromatic N) is 1. The molecule has 0 atom stereocenters. The Kier molecular flexibility index (Phi) is 11.5. The van der Waals surface area contributed by atoms with Gasteiger partial charge in [-0.15, -0.1) is 0 Å². The summed E-state index contributed by atoms with van der Waals surface area (Å²) >= 11 is 0. The molecule has 11 rings (SSSR count). The Labute approximate surface area is 423 Å². The standard InChI is InChI=1S/C68H63B2N/c1-40-29-44(5)65(45(6)30-40)69(66-46(7)31-41(2)32-47(66)8)55-25-23-52(24-26-55)53-21-22-54-38-61-58-28-27-56(70(67-48(9)33-42(3)34-49(67)10)68-50(11)35-43(4)36-51(68)12)39-63(58)71(57-17-14-13-15-18-57)62-20-16-19-59(64(61)62)60(54)37-53/h13-39H,1-12H3. The van der Waals surface area contributed by atoms with Gasteiger partial charge in [0, 0.05) is 16.6 Å². The van der Waals surface area contributed by atoms with E-state index in [9.17, 15) is 0 Å². The smallest absolute Gasteiger partial charge is 0.242 e. The third-order valence-electron chi connectivity index (χ3n) is 15.8. The Morgan fingerprint density at radius 2 is 0.761 bits per heavy atom. The first-order valence-corrected chi connectivity index (χ1v) is 25.6. The summed E-state index contributed by atoms with van der Waals surface area (Å²) in [5.41, 5.74) is 32.8. The molecule has 71 heavy (non-hydrogen) atoms. The summed E-state index contributed by atoms with van der Waals surface area (Å²) in [7, 11) is 0. The molecule has 0 bridgehead atoms. The van der Waals surface area contributed by atoms with Gasteiger partial charge in [0.25, 0.3) is 0 Å². The van der Waals surface area contributed by atoms with E-state index in [1.54, 1.807) is 0 Å². The summed E-state index contributed by atoms with van der Waals surface area (Å²) in [5, 5.41) is 5.08. The molecular weight excluding hydrogens is 852 g/mol. The fourth-order valence-corrected chi connectivity index (χ4v) is 13.3. The van der Waals surface area contributed by atoms with Crippen LogP contribution in [0.5, 0.6) is 0 Å². The highest BCUT2D eigenvalue weighted by atomic mass is 15.2. The van der Waals surface area contributed by atoms with Gasteiger partial charge < -0.3 is 4.90 Å². The van der Waals surface area contributed by atoms with Gasteiger partial charge in [0.05, 0.1) is 11.4 Å². The van der Waals surface area contributed by atoms with Crippen molar-refractivity contribution in [2.24, 2.45) is 0 Å². The largest absolute Gasteiger partial charge is 0.309 e. The van der Waals surface area contributed by atoms with Crippen molar-refractivity contribution in [3.63, 3.8) is 0 Å². The Bertz CT molecular complexity index is 3580. The number of aryl methyl sites for hydroxylation is 12. The first-order valence-electron chi connectivity index (χ1n) is 25.6. The van der Waals surface area contributed by atoms with E-state index in [1.807, 2.05) is 0 Å². The molecule has 0 unspecified atom stereocenters. The predicted molar refractivity (Wildman–Crippen MR) is 312 cm³/mol. The second kappa shape index (κ2) is 17.8. The lowest BCUT2D eigenvalue weighted by atomic mass is 9.34. The Hall–Kier alpha value is -7.35. The first-order chi connectivity index (χ1) is 34.1. The van der Waals surface area contributed by atoms with Gasteiger partial charge in [0.15, 0.2) is 0 Å². The van der Waals surface area contributed by atoms with Crippen molar-refractivity contribution in [1.29, 1.82) is 0 Å². The van der Waals surface area contributed by atoms with Crippen molar-refractivity contribution >= 4 is 84.8 Å². The number of fused-ring (bicyclic) bond motifs is 4. The SMILES string of the molecule is Cc1cc(C)c(B(c2ccc(-c3ccc4cc5c6c(cccc6c4c3)N(c3ccccc3)c3cc(B(c4c(C)cc(C)cc4C)c4c(C)cc(C)cc4C)ccc3-5)cc2)c2c(C)cc(C)cc2C)c(C)c1. The first kappa shape index (κ1) is 46.1. The summed E-state index contributed by atoms with van der Waals surface area (Å²) < 4.78 is 0. The molecule has 1 aliphatic rings. The van der Waals surface area contributed by atoms with Gasteiger partial charge in [-0.2, -0.15) is 0 Å². The lowest BCUT2D eigenvalue weighted by Gasteiger charge is -2.35. The molecule has 0 saturated carbocycles. The quantitative estimate of drug-likeness (QED) is 0.108. The van der Waals surface area contributed by atoms with E-state index in [4.69, 9.17) is 0 Å². The molecule has 346 valence electrons. The lowest BCUT2D eigenvalue weighted by Crippen LogP contribution is -2.56. The van der Waals surface area contributed by atoms with Gasteiger partial charge in [-0.25, -0.2) is 0 Å². The molecule has 0 radical (unpaired) electrons. The highest BCUT2D eigenvalue weighted by Gasteiger charge is 2.33. The van der Waals surface area contributed by atoms with Crippen LogP contribution in [0.3, 0.4) is 0 Å². The summed E-state index contributed by atoms with van der Waals surface area (Å²) in [6, 6.07) is 63.2. The van der Waals surface area contributed by atoms with Gasteiger partial charge in [0.1, 0.15) is 0 Å². The van der Waals surface area contributed by atoms with Gasteiger partial charge in [-0.05, 0) is 152 Å². The van der Waals surface area contributed by atoms with Crippen molar-refractivity contribution in [2.45, 2.75) is 83.1 Å². The number of benzene rings is 10. The minimum absolute atomic E-state index is 0.0676. The average Bonchev–Trinajstić information content (AvgIpc) is 3.32. The summed E-state index contributed by atoms with van der Waals surface area (Å²) in [5.74, 6) is 0. The summed E-state index contributed by atoms with van der Waals surface area (Å²) in [6.45, 7) is 27.4. The Balaban J connectivity index is 1.07. The van der Waals surface area contributed by atoms with Crippen molar-refractivity contribution in [3.8, 4) is 22.3 Å². The number of para-hydroxylation sites is 1. The number of hydrogen-bond acceptors (Lipinski definition) is 1. The molecule has 1 heterocycles. The van der Waals surface area contributed by atoms with Crippen LogP contribution in [-0.4, -0.2) is 13.4 Å². The minimum atomic E-state index is 0.0676. The van der Waals surface area contributed by atoms with E-state index in [0.717, 1.165) is 5.69 Å². The Morgan fingerprint density at radius 1 is 0.310 bits per heavy atom. The van der Waals surface area contributed by atoms with E-state index < -0.39 is 0 Å². The van der Waals surface area contributed by atoms with Crippen LogP contribution in [0, 0.1) is 83.1 Å². The van der Waals surface area contributed by atoms with Crippen LogP contribution in [0.1, 0.15) is 66.8 Å². The fourth-order valence-electron chi connectivity index (χ4n) is 13.3. The van der Waals surface area contributed by atoms with E-state index in [-0.39, 0.29) is 13.4 Å². The number of anilines is 3. The maximum atomic E-state index is 2.52. The van der Waals surface area contributed by atoms with Gasteiger partial charge in [-0.3, -0.25) is 0 Å². The van der Waals surface area contributed by atoms with E-state index >= 15 is 0 Å². The van der Waals surface area contributed by atoms with Crippen molar-refractivity contribution < 1.29 is 0 Å². The van der Waals surface area contributed by atoms with Crippen LogP contribution in [-0.2, 0) is 0 Å². The molecule has 0 spiro atoms. The summed E-state index contributed by atoms with van der Waals surface area (Å²) in [4.78, 5) is 2.52. The zero-order chi connectivity index (χ0) is 49.6. The van der Waals surface area contributed by atoms with E-state index in [1.165, 1.54) is 155 Å². The fraction of sp³-hybridized carbons (Fsp3) is 0.176. The highest BCUT2D eigenvalue weighted by molar-refractivity contribution is 6.97. The van der Waals surface area contributed by atoms with Crippen LogP contribution in [0.4, 0.5) is 17.1 Å². The molecule has 0 N–H and O–H groups in total. The van der Waals surface area contributed by atoms with Crippen LogP contribution >= 0.6 is 0 Å². The lowest BCUT2D eigenvalue weighted by molar-refractivity contribution is 1.29. The van der Waals surface area contributed by atoms with Crippen LogP contribution < -0.4 is 37.7 Å². The topological polar surface area (TPSA) is 3.24 Å². The molecular formula is C68H63B2N. The molecule has 10 aromatic rings. The summed E-state index contributed by atoms with van der Waals surface area (Å²) in [6.07, 6.45) is 0. The maximum Gasteiger partial charge on any atom is 0.242 e. The van der Waals surface area contributed by atoms with E-state index in [2.05, 4.69) is 252 Å². The Morgan fingerprint density at radius 3 is 1.25 bits per heavy atom. The number of hydrogen-bond donors (Lipinski definition) is 0. The second-order valence-corrected chi connectivity index (χ2v) is 21.2. The van der Waals surface area contributed by atoms with Gasteiger partial charge >= 0.3 is 0 Å². The van der Waals surface area contributed by atoms with E-state index in [0.29, 0.717) is 0 Å². The monoisotopic (exact) mass is 916 g/mol. The van der Waals surface area contributed by atoms with Gasteiger partial charge in [-0.1, -0.05) is 227 Å². The molecule has 1 nitrogen and oxygen atoms in total. The zero-order valence-electron chi connectivity index (χ0n) is 43.7. The third-order valence-corrected chi connectivity index (χ3v) is 15.8. The molecule has 0 aliphatic carbocycles. The van der Waals surface area contributed by atoms with Crippen LogP contribution in [0.2, 0.25) is 0 Å². The third kappa shape index (κ3) is 7.91. The molecule has 0 fully saturated rings. The molecule has 1 aliphatic heterocycles. The van der Waals surface area contributed by atoms with Crippen LogP contribution in [0.15, 0.2) is 164 Å². The normalized spacial score (nSPS) is 11.9. The molecule has 10 aromatic carbocycles. The van der Waals surface area contributed by atoms with Crippen LogP contribution in [0.25, 0.3) is 43.8 Å². The minimum Gasteiger partial charge on any atom is -0.309 e. The highest BCUT2D eigenvalue weighted by Crippen LogP contribution is 2.52. The maximum absolute atomic E-state index is 2.52. The predicted octanol–water partition coefficient (Wildman–Crippen LogP) is 13.8. The van der Waals surface area contributed by atoms with Crippen molar-refractivity contribution in [3.05, 3.63) is 231 Å². The van der Waals surface area contributed by atoms with Crippen molar-refractivity contribution in [1.82, 2.24) is 0 Å². The molecule has 0 aromatic heterocycles. The second-order valence-electron chi connectivity index (χ2n) is 21.2.